The van der Waals surface area contributed by atoms with Crippen molar-refractivity contribution in [2.75, 3.05) is 7.05 Å². The fraction of sp³-hybridized carbons (Fsp3) is 0.364. The highest BCUT2D eigenvalue weighted by Crippen LogP contribution is 2.34. The molecule has 0 aliphatic rings. The maximum Gasteiger partial charge on any atom is 0.113 e. The molecular weight excluding hydrogens is 304 g/mol. The zero-order valence-corrected chi connectivity index (χ0v) is 12.6. The molecule has 1 N–H and O–H groups in total. The summed E-state index contributed by atoms with van der Waals surface area (Å²) in [5.41, 5.74) is 1.01. The van der Waals surface area contributed by atoms with Crippen molar-refractivity contribution >= 4 is 38.6 Å². The summed E-state index contributed by atoms with van der Waals surface area (Å²) in [5.74, 6) is 0. The van der Waals surface area contributed by atoms with Gasteiger partial charge in [-0.05, 0) is 49.0 Å². The Bertz CT molecular complexity index is 488. The number of thiazole rings is 1. The third kappa shape index (κ3) is 2.37. The second kappa shape index (κ2) is 4.56. The van der Waals surface area contributed by atoms with E-state index in [1.807, 2.05) is 7.05 Å². The van der Waals surface area contributed by atoms with Crippen LogP contribution in [0, 0.1) is 0 Å². The molecule has 0 fully saturated rings. The standard InChI is InChI=1S/C11H13BrN2S2/c1-11(2,13-3)10-14-7(6-15-10)8-4-5-9(12)16-8/h4-6,13H,1-3H3. The minimum Gasteiger partial charge on any atom is -0.309 e. The van der Waals surface area contributed by atoms with Gasteiger partial charge in [0.05, 0.1) is 19.9 Å². The highest BCUT2D eigenvalue weighted by molar-refractivity contribution is 9.11. The molecule has 16 heavy (non-hydrogen) atoms. The molecule has 0 saturated heterocycles. The summed E-state index contributed by atoms with van der Waals surface area (Å²) in [6, 6.07) is 4.15. The lowest BCUT2D eigenvalue weighted by Crippen LogP contribution is -2.32. The largest absolute Gasteiger partial charge is 0.309 e. The summed E-state index contributed by atoms with van der Waals surface area (Å²) in [5, 5.41) is 6.51. The molecule has 0 radical (unpaired) electrons. The second-order valence-corrected chi connectivity index (χ2v) is 7.34. The number of rotatable bonds is 3. The summed E-state index contributed by atoms with van der Waals surface area (Å²) in [4.78, 5) is 5.89. The van der Waals surface area contributed by atoms with Gasteiger partial charge in [0, 0.05) is 5.38 Å². The molecule has 0 spiro atoms. The zero-order valence-electron chi connectivity index (χ0n) is 9.37. The molecule has 0 aromatic carbocycles. The molecule has 5 heteroatoms. The first kappa shape index (κ1) is 12.2. The van der Waals surface area contributed by atoms with Crippen molar-refractivity contribution in [3.63, 3.8) is 0 Å². The number of hydrogen-bond donors (Lipinski definition) is 1. The van der Waals surface area contributed by atoms with E-state index in [0.29, 0.717) is 0 Å². The fourth-order valence-corrected chi connectivity index (χ4v) is 3.60. The molecule has 2 nitrogen and oxygen atoms in total. The molecule has 0 saturated carbocycles. The number of thiophene rings is 1. The second-order valence-electron chi connectivity index (χ2n) is 4.02. The first-order valence-corrected chi connectivity index (χ1v) is 7.42. The molecule has 2 heterocycles. The minimum atomic E-state index is -0.0581. The molecule has 0 atom stereocenters. The predicted octanol–water partition coefficient (Wildman–Crippen LogP) is 4.09. The topological polar surface area (TPSA) is 24.9 Å². The molecule has 0 aliphatic heterocycles. The molecule has 0 bridgehead atoms. The zero-order chi connectivity index (χ0) is 11.8. The van der Waals surface area contributed by atoms with E-state index >= 15 is 0 Å². The average Bonchev–Trinajstić information content (AvgIpc) is 2.85. The molecular formula is C11H13BrN2S2. The molecule has 0 amide bonds. The average molecular weight is 317 g/mol. The van der Waals surface area contributed by atoms with Gasteiger partial charge in [0.1, 0.15) is 5.01 Å². The van der Waals surface area contributed by atoms with Gasteiger partial charge in [-0.2, -0.15) is 0 Å². The van der Waals surface area contributed by atoms with E-state index in [-0.39, 0.29) is 5.54 Å². The third-order valence-electron chi connectivity index (χ3n) is 2.49. The highest BCUT2D eigenvalue weighted by Gasteiger charge is 2.22. The summed E-state index contributed by atoms with van der Waals surface area (Å²) in [7, 11) is 1.96. The van der Waals surface area contributed by atoms with Crippen molar-refractivity contribution in [1.82, 2.24) is 10.3 Å². The van der Waals surface area contributed by atoms with Crippen molar-refractivity contribution in [2.45, 2.75) is 19.4 Å². The maximum absolute atomic E-state index is 4.68. The lowest BCUT2D eigenvalue weighted by molar-refractivity contribution is 0.442. The van der Waals surface area contributed by atoms with Gasteiger partial charge in [-0.1, -0.05) is 0 Å². The molecule has 2 rings (SSSR count). The van der Waals surface area contributed by atoms with Crippen LogP contribution in [0.15, 0.2) is 21.3 Å². The summed E-state index contributed by atoms with van der Waals surface area (Å²) in [6.45, 7) is 4.28. The van der Waals surface area contributed by atoms with Crippen LogP contribution in [-0.2, 0) is 5.54 Å². The number of aromatic nitrogens is 1. The SMILES string of the molecule is CNC(C)(C)c1nc(-c2ccc(Br)s2)cs1. The van der Waals surface area contributed by atoms with Crippen molar-refractivity contribution in [1.29, 1.82) is 0 Å². The van der Waals surface area contributed by atoms with Crippen molar-refractivity contribution in [2.24, 2.45) is 0 Å². The van der Waals surface area contributed by atoms with Gasteiger partial charge in [0.25, 0.3) is 0 Å². The maximum atomic E-state index is 4.68. The van der Waals surface area contributed by atoms with Crippen LogP contribution in [0.5, 0.6) is 0 Å². The number of hydrogen-bond acceptors (Lipinski definition) is 4. The van der Waals surface area contributed by atoms with E-state index in [2.05, 4.69) is 57.6 Å². The van der Waals surface area contributed by atoms with Gasteiger partial charge in [0.2, 0.25) is 0 Å². The van der Waals surface area contributed by atoms with Crippen LogP contribution in [-0.4, -0.2) is 12.0 Å². The van der Waals surface area contributed by atoms with E-state index in [1.54, 1.807) is 22.7 Å². The summed E-state index contributed by atoms with van der Waals surface area (Å²) < 4.78 is 1.14. The van der Waals surface area contributed by atoms with Gasteiger partial charge in [-0.15, -0.1) is 22.7 Å². The Morgan fingerprint density at radius 1 is 1.38 bits per heavy atom. The van der Waals surface area contributed by atoms with Crippen molar-refractivity contribution in [3.05, 3.63) is 26.3 Å². The van der Waals surface area contributed by atoms with Gasteiger partial charge < -0.3 is 5.32 Å². The van der Waals surface area contributed by atoms with Crippen LogP contribution in [0.2, 0.25) is 0 Å². The molecule has 0 unspecified atom stereocenters. The van der Waals surface area contributed by atoms with Crippen LogP contribution in [0.25, 0.3) is 10.6 Å². The Morgan fingerprint density at radius 2 is 2.12 bits per heavy atom. The molecule has 0 aliphatic carbocycles. The Kier molecular flexibility index (Phi) is 3.49. The molecule has 2 aromatic heterocycles. The summed E-state index contributed by atoms with van der Waals surface area (Å²) in [6.07, 6.45) is 0. The van der Waals surface area contributed by atoms with Crippen LogP contribution < -0.4 is 5.32 Å². The lowest BCUT2D eigenvalue weighted by atomic mass is 10.1. The molecule has 86 valence electrons. The first-order chi connectivity index (χ1) is 7.53. The van der Waals surface area contributed by atoms with Crippen LogP contribution >= 0.6 is 38.6 Å². The monoisotopic (exact) mass is 316 g/mol. The lowest BCUT2D eigenvalue weighted by Gasteiger charge is -2.20. The van der Waals surface area contributed by atoms with Crippen molar-refractivity contribution in [3.8, 4) is 10.6 Å². The Balaban J connectivity index is 2.33. The third-order valence-corrected chi connectivity index (χ3v) is 5.30. The Hall–Kier alpha value is -0.230. The Morgan fingerprint density at radius 3 is 2.69 bits per heavy atom. The van der Waals surface area contributed by atoms with Crippen LogP contribution in [0.1, 0.15) is 18.9 Å². The Labute approximate surface area is 112 Å². The van der Waals surface area contributed by atoms with Crippen molar-refractivity contribution < 1.29 is 0 Å². The van der Waals surface area contributed by atoms with Crippen LogP contribution in [0.3, 0.4) is 0 Å². The van der Waals surface area contributed by atoms with E-state index in [9.17, 15) is 0 Å². The quantitative estimate of drug-likeness (QED) is 0.922. The predicted molar refractivity (Wildman–Crippen MR) is 75.2 cm³/mol. The van der Waals surface area contributed by atoms with E-state index < -0.39 is 0 Å². The van der Waals surface area contributed by atoms with Gasteiger partial charge >= 0.3 is 0 Å². The number of nitrogens with zero attached hydrogens (tertiary/aromatic N) is 1. The first-order valence-electron chi connectivity index (χ1n) is 4.93. The highest BCUT2D eigenvalue weighted by atomic mass is 79.9. The number of halogens is 1. The minimum absolute atomic E-state index is 0.0581. The van der Waals surface area contributed by atoms with E-state index in [1.165, 1.54) is 4.88 Å². The smallest absolute Gasteiger partial charge is 0.113 e. The molecule has 2 aromatic rings. The fourth-order valence-electron chi connectivity index (χ4n) is 1.23. The van der Waals surface area contributed by atoms with E-state index in [4.69, 9.17) is 0 Å². The summed E-state index contributed by atoms with van der Waals surface area (Å²) >= 11 is 6.89. The van der Waals surface area contributed by atoms with Gasteiger partial charge in [0.15, 0.2) is 0 Å². The van der Waals surface area contributed by atoms with Gasteiger partial charge in [-0.3, -0.25) is 0 Å². The van der Waals surface area contributed by atoms with Gasteiger partial charge in [-0.25, -0.2) is 4.98 Å². The van der Waals surface area contributed by atoms with Crippen LogP contribution in [0.4, 0.5) is 0 Å². The van der Waals surface area contributed by atoms with E-state index in [0.717, 1.165) is 14.5 Å². The normalized spacial score (nSPS) is 12.0. The number of nitrogens with one attached hydrogen (secondary N) is 1.